The van der Waals surface area contributed by atoms with Crippen LogP contribution in [0.1, 0.15) is 174 Å². The summed E-state index contributed by atoms with van der Waals surface area (Å²) in [6.45, 7) is 4.56. The molecule has 58 heavy (non-hydrogen) atoms. The van der Waals surface area contributed by atoms with Crippen molar-refractivity contribution in [3.8, 4) is 0 Å². The maximum Gasteiger partial charge on any atom is 0.362 e. The monoisotopic (exact) mass is 813 g/mol. The Labute approximate surface area is 355 Å². The van der Waals surface area contributed by atoms with Gasteiger partial charge in [-0.05, 0) is 83.5 Å². The summed E-state index contributed by atoms with van der Waals surface area (Å²) >= 11 is 0. The summed E-state index contributed by atoms with van der Waals surface area (Å²) in [5.74, 6) is -1.53. The first-order chi connectivity index (χ1) is 28.1. The second-order valence-corrected chi connectivity index (χ2v) is 16.3. The first kappa shape index (κ1) is 54.8. The van der Waals surface area contributed by atoms with Gasteiger partial charge in [0.05, 0.1) is 34.4 Å². The lowest BCUT2D eigenvalue weighted by molar-refractivity contribution is -0.887. The maximum absolute atomic E-state index is 12.7. The predicted molar refractivity (Wildman–Crippen MR) is 243 cm³/mol. The van der Waals surface area contributed by atoms with E-state index >= 15 is 0 Å². The van der Waals surface area contributed by atoms with Crippen molar-refractivity contribution in [2.75, 3.05) is 41.0 Å². The topological polar surface area (TPSA) is 99.1 Å². The average molecular weight is 813 g/mol. The number of likely N-dealkylation sites (N-methyl/N-ethyl adjacent to an activating group) is 1. The normalized spacial score (nSPS) is 13.6. The molecule has 332 valence electrons. The Morgan fingerprint density at radius 1 is 0.534 bits per heavy atom. The number of carbonyl (C=O) groups is 3. The first-order valence-corrected chi connectivity index (χ1v) is 23.0. The zero-order chi connectivity index (χ0) is 42.8. The summed E-state index contributed by atoms with van der Waals surface area (Å²) in [6.07, 6.45) is 50.9. The molecule has 8 nitrogen and oxygen atoms in total. The number of quaternary nitrogens is 1. The van der Waals surface area contributed by atoms with Crippen molar-refractivity contribution in [3.05, 3.63) is 72.9 Å². The van der Waals surface area contributed by atoms with Crippen LogP contribution in [0.2, 0.25) is 0 Å². The van der Waals surface area contributed by atoms with E-state index in [0.717, 1.165) is 89.9 Å². The predicted octanol–water partition coefficient (Wildman–Crippen LogP) is 12.7. The van der Waals surface area contributed by atoms with Crippen molar-refractivity contribution < 1.29 is 38.2 Å². The van der Waals surface area contributed by atoms with Gasteiger partial charge in [0.2, 0.25) is 0 Å². The van der Waals surface area contributed by atoms with Gasteiger partial charge in [-0.25, -0.2) is 4.79 Å². The molecule has 8 heteroatoms. The van der Waals surface area contributed by atoms with Crippen molar-refractivity contribution in [3.63, 3.8) is 0 Å². The molecule has 0 aliphatic carbocycles. The third-order valence-electron chi connectivity index (χ3n) is 9.84. The van der Waals surface area contributed by atoms with E-state index in [1.165, 1.54) is 51.4 Å². The van der Waals surface area contributed by atoms with Crippen molar-refractivity contribution in [2.24, 2.45) is 0 Å². The van der Waals surface area contributed by atoms with Crippen LogP contribution in [0.3, 0.4) is 0 Å². The van der Waals surface area contributed by atoms with Gasteiger partial charge in [-0.2, -0.15) is 0 Å². The molecule has 0 aliphatic rings. The number of hydrogen-bond acceptors (Lipinski definition) is 6. The minimum Gasteiger partial charge on any atom is -0.477 e. The first-order valence-electron chi connectivity index (χ1n) is 23.0. The Morgan fingerprint density at radius 3 is 1.47 bits per heavy atom. The molecule has 1 N–H and O–H groups in total. The van der Waals surface area contributed by atoms with E-state index in [2.05, 4.69) is 86.8 Å². The average Bonchev–Trinajstić information content (AvgIpc) is 3.18. The molecule has 0 fully saturated rings. The number of carbonyl (C=O) groups excluding carboxylic acids is 2. The van der Waals surface area contributed by atoms with E-state index in [1.54, 1.807) is 0 Å². The molecule has 0 aromatic heterocycles. The van der Waals surface area contributed by atoms with Crippen LogP contribution < -0.4 is 0 Å². The molecule has 0 aromatic rings. The van der Waals surface area contributed by atoms with Crippen LogP contribution in [0.4, 0.5) is 0 Å². The fraction of sp³-hybridized carbons (Fsp3) is 0.700. The van der Waals surface area contributed by atoms with E-state index in [1.807, 2.05) is 21.1 Å². The standard InChI is InChI=1S/C50H85NO7/c1-6-8-10-12-14-16-18-20-22-23-24-25-27-29-31-33-35-37-39-41-49(53)58-46(44-56-43-42-47(50(54)55)51(3,4)5)45-57-48(52)40-38-36-34-32-30-28-26-21-19-17-15-13-11-9-7-2/h8,10,14,16,20-22,24-26,29,31,46-47H,6-7,9,11-13,15,17-19,23,27-28,30,32-45H2,1-5H3/p+1/b10-8-,16-14-,22-20-,25-24-,26-21-,31-29-. The Bertz CT molecular complexity index is 1180. The Balaban J connectivity index is 4.42. The SMILES string of the molecule is CC/C=C\C/C=C\C/C=C\C/C=C\C/C=C\CCCCCC(=O)OC(COCCC(C(=O)O)[N+](C)(C)C)COC(=O)CCCCCCC/C=C\CCCCCCCC. The van der Waals surface area contributed by atoms with Crippen LogP contribution in [0.15, 0.2) is 72.9 Å². The molecule has 0 spiro atoms. The molecule has 0 radical (unpaired) electrons. The molecule has 0 rings (SSSR count). The van der Waals surface area contributed by atoms with Crippen LogP contribution >= 0.6 is 0 Å². The number of aliphatic carboxylic acids is 1. The smallest absolute Gasteiger partial charge is 0.362 e. The van der Waals surface area contributed by atoms with Gasteiger partial charge in [0.25, 0.3) is 0 Å². The van der Waals surface area contributed by atoms with Gasteiger partial charge in [0.15, 0.2) is 12.1 Å². The molecule has 0 saturated carbocycles. The van der Waals surface area contributed by atoms with Gasteiger partial charge < -0.3 is 23.8 Å². The summed E-state index contributed by atoms with van der Waals surface area (Å²) < 4.78 is 17.3. The van der Waals surface area contributed by atoms with Crippen LogP contribution in [0.25, 0.3) is 0 Å². The number of allylic oxidation sites excluding steroid dienone is 12. The highest BCUT2D eigenvalue weighted by molar-refractivity contribution is 5.72. The zero-order valence-electron chi connectivity index (χ0n) is 37.7. The quantitative estimate of drug-likeness (QED) is 0.0285. The van der Waals surface area contributed by atoms with Gasteiger partial charge in [0, 0.05) is 19.3 Å². The number of esters is 2. The number of ether oxygens (including phenoxy) is 3. The molecule has 0 bridgehead atoms. The fourth-order valence-electron chi connectivity index (χ4n) is 6.29. The van der Waals surface area contributed by atoms with Gasteiger partial charge in [-0.1, -0.05) is 145 Å². The lowest BCUT2D eigenvalue weighted by atomic mass is 10.1. The van der Waals surface area contributed by atoms with E-state index in [0.29, 0.717) is 12.8 Å². The second-order valence-electron chi connectivity index (χ2n) is 16.3. The number of nitrogens with zero attached hydrogens (tertiary/aromatic N) is 1. The largest absolute Gasteiger partial charge is 0.477 e. The molecule has 0 heterocycles. The highest BCUT2D eigenvalue weighted by Crippen LogP contribution is 2.13. The number of rotatable bonds is 40. The van der Waals surface area contributed by atoms with Gasteiger partial charge >= 0.3 is 17.9 Å². The van der Waals surface area contributed by atoms with Gasteiger partial charge in [-0.15, -0.1) is 0 Å². The number of unbranched alkanes of at least 4 members (excludes halogenated alkanes) is 14. The summed E-state index contributed by atoms with van der Waals surface area (Å²) in [6, 6.07) is -0.625. The third-order valence-corrected chi connectivity index (χ3v) is 9.84. The summed E-state index contributed by atoms with van der Waals surface area (Å²) in [5, 5.41) is 9.63. The number of carboxylic acid groups (broad SMARTS) is 1. The molecule has 0 amide bonds. The van der Waals surface area contributed by atoms with E-state index in [9.17, 15) is 19.5 Å². The molecule has 2 atom stereocenters. The van der Waals surface area contributed by atoms with E-state index < -0.39 is 18.1 Å². The van der Waals surface area contributed by atoms with E-state index in [4.69, 9.17) is 14.2 Å². The maximum atomic E-state index is 12.7. The minimum absolute atomic E-state index is 0.0416. The molecule has 0 aromatic carbocycles. The van der Waals surface area contributed by atoms with Crippen LogP contribution in [-0.4, -0.2) is 80.6 Å². The Hall–Kier alpha value is -3.23. The van der Waals surface area contributed by atoms with Crippen LogP contribution in [0, 0.1) is 0 Å². The highest BCUT2D eigenvalue weighted by Gasteiger charge is 2.31. The van der Waals surface area contributed by atoms with Crippen LogP contribution in [-0.2, 0) is 28.6 Å². The summed E-state index contributed by atoms with van der Waals surface area (Å²) in [4.78, 5) is 37.0. The fourth-order valence-corrected chi connectivity index (χ4v) is 6.29. The number of carboxylic acids is 1. The summed E-state index contributed by atoms with van der Waals surface area (Å²) in [5.41, 5.74) is 0. The molecule has 2 unspecified atom stereocenters. The highest BCUT2D eigenvalue weighted by atomic mass is 16.6. The Kier molecular flexibility index (Phi) is 38.3. The van der Waals surface area contributed by atoms with Crippen molar-refractivity contribution >= 4 is 17.9 Å². The van der Waals surface area contributed by atoms with Gasteiger partial charge in [-0.3, -0.25) is 9.59 Å². The van der Waals surface area contributed by atoms with Crippen molar-refractivity contribution in [1.29, 1.82) is 0 Å². The molecular weight excluding hydrogens is 727 g/mol. The lowest BCUT2D eigenvalue weighted by Crippen LogP contribution is -2.50. The molecule has 0 aliphatic heterocycles. The van der Waals surface area contributed by atoms with Crippen molar-refractivity contribution in [2.45, 2.75) is 187 Å². The minimum atomic E-state index is -0.884. The Morgan fingerprint density at radius 2 is 0.966 bits per heavy atom. The lowest BCUT2D eigenvalue weighted by Gasteiger charge is -2.31. The summed E-state index contributed by atoms with van der Waals surface area (Å²) in [7, 11) is 5.51. The number of hydrogen-bond donors (Lipinski definition) is 1. The van der Waals surface area contributed by atoms with Crippen LogP contribution in [0.5, 0.6) is 0 Å². The van der Waals surface area contributed by atoms with Crippen molar-refractivity contribution in [1.82, 2.24) is 0 Å². The third kappa shape index (κ3) is 38.3. The molecular formula is C50H86NO7+. The molecule has 0 saturated heterocycles. The zero-order valence-corrected chi connectivity index (χ0v) is 37.7. The van der Waals surface area contributed by atoms with Gasteiger partial charge in [0.1, 0.15) is 6.61 Å². The second kappa shape index (κ2) is 40.5. The van der Waals surface area contributed by atoms with E-state index in [-0.39, 0.29) is 42.7 Å².